The standard InChI is InChI=1S/C23H26N4O3/c1-28-22-12-18-19(13-23(22)29-2)25-24-14-21(18)27-7-6-17-16(15-27)4-3-5-20(17)26-8-10-30-11-9-26/h3-5,12-14H,6-11,15H2,1-2H3. The van der Waals surface area contributed by atoms with Gasteiger partial charge in [-0.2, -0.15) is 10.2 Å². The summed E-state index contributed by atoms with van der Waals surface area (Å²) in [5, 5.41) is 9.59. The quantitative estimate of drug-likeness (QED) is 0.660. The molecule has 0 aliphatic carbocycles. The highest BCUT2D eigenvalue weighted by molar-refractivity contribution is 5.93. The van der Waals surface area contributed by atoms with Crippen LogP contribution >= 0.6 is 0 Å². The Kier molecular flexibility index (Phi) is 5.04. The minimum Gasteiger partial charge on any atom is -0.493 e. The number of hydrogen-bond donors (Lipinski definition) is 0. The lowest BCUT2D eigenvalue weighted by Crippen LogP contribution is -2.38. The van der Waals surface area contributed by atoms with Gasteiger partial charge in [0.2, 0.25) is 0 Å². The summed E-state index contributed by atoms with van der Waals surface area (Å²) < 4.78 is 16.5. The second-order valence-corrected chi connectivity index (χ2v) is 7.64. The van der Waals surface area contributed by atoms with Gasteiger partial charge in [-0.15, -0.1) is 0 Å². The van der Waals surface area contributed by atoms with Gasteiger partial charge in [0.1, 0.15) is 0 Å². The second kappa shape index (κ2) is 7.99. The predicted molar refractivity (Wildman–Crippen MR) is 117 cm³/mol. The van der Waals surface area contributed by atoms with E-state index in [0.29, 0.717) is 11.5 Å². The fraction of sp³-hybridized carbons (Fsp3) is 0.391. The first kappa shape index (κ1) is 18.9. The molecule has 0 unspecified atom stereocenters. The van der Waals surface area contributed by atoms with E-state index in [-0.39, 0.29) is 0 Å². The van der Waals surface area contributed by atoms with Crippen LogP contribution in [0.2, 0.25) is 0 Å². The molecule has 30 heavy (non-hydrogen) atoms. The summed E-state index contributed by atoms with van der Waals surface area (Å²) in [6, 6.07) is 10.5. The maximum atomic E-state index is 5.53. The van der Waals surface area contributed by atoms with Crippen LogP contribution in [0.4, 0.5) is 11.4 Å². The van der Waals surface area contributed by atoms with E-state index in [2.05, 4.69) is 38.2 Å². The fourth-order valence-electron chi connectivity index (χ4n) is 4.52. The van der Waals surface area contributed by atoms with Crippen molar-refractivity contribution in [2.75, 3.05) is 56.9 Å². The molecule has 0 radical (unpaired) electrons. The second-order valence-electron chi connectivity index (χ2n) is 7.64. The highest BCUT2D eigenvalue weighted by Crippen LogP contribution is 2.37. The van der Waals surface area contributed by atoms with Crippen molar-refractivity contribution in [3.8, 4) is 11.5 Å². The third kappa shape index (κ3) is 3.29. The molecule has 2 aliphatic heterocycles. The molecule has 156 valence electrons. The number of nitrogens with zero attached hydrogens (tertiary/aromatic N) is 4. The summed E-state index contributed by atoms with van der Waals surface area (Å²) >= 11 is 0. The molecule has 1 saturated heterocycles. The van der Waals surface area contributed by atoms with Gasteiger partial charge in [-0.1, -0.05) is 12.1 Å². The number of methoxy groups -OCH3 is 2. The molecule has 7 heteroatoms. The Morgan fingerprint density at radius 1 is 0.933 bits per heavy atom. The topological polar surface area (TPSA) is 60.0 Å². The number of hydrogen-bond acceptors (Lipinski definition) is 7. The van der Waals surface area contributed by atoms with E-state index in [9.17, 15) is 0 Å². The first-order chi connectivity index (χ1) is 14.8. The van der Waals surface area contributed by atoms with Crippen LogP contribution in [0.5, 0.6) is 11.5 Å². The minimum absolute atomic E-state index is 0.663. The van der Waals surface area contributed by atoms with E-state index in [1.54, 1.807) is 14.2 Å². The lowest BCUT2D eigenvalue weighted by molar-refractivity contribution is 0.122. The molecule has 0 N–H and O–H groups in total. The average Bonchev–Trinajstić information content (AvgIpc) is 2.82. The zero-order valence-corrected chi connectivity index (χ0v) is 17.4. The Bertz CT molecular complexity index is 1070. The van der Waals surface area contributed by atoms with Gasteiger partial charge in [0.25, 0.3) is 0 Å². The molecule has 1 aromatic heterocycles. The molecule has 0 spiro atoms. The molecule has 3 aromatic rings. The van der Waals surface area contributed by atoms with Crippen LogP contribution in [0.15, 0.2) is 36.5 Å². The monoisotopic (exact) mass is 406 g/mol. The predicted octanol–water partition coefficient (Wildman–Crippen LogP) is 3.05. The van der Waals surface area contributed by atoms with Crippen molar-refractivity contribution in [3.05, 3.63) is 47.7 Å². The lowest BCUT2D eigenvalue weighted by atomic mass is 9.96. The Morgan fingerprint density at radius 3 is 2.53 bits per heavy atom. The van der Waals surface area contributed by atoms with Crippen LogP contribution in [0.25, 0.3) is 10.9 Å². The van der Waals surface area contributed by atoms with Crippen molar-refractivity contribution < 1.29 is 14.2 Å². The average molecular weight is 406 g/mol. The first-order valence-electron chi connectivity index (χ1n) is 10.3. The van der Waals surface area contributed by atoms with E-state index >= 15 is 0 Å². The maximum Gasteiger partial charge on any atom is 0.162 e. The Hall–Kier alpha value is -3.06. The van der Waals surface area contributed by atoms with Gasteiger partial charge in [0, 0.05) is 43.3 Å². The van der Waals surface area contributed by atoms with Gasteiger partial charge in [0.15, 0.2) is 11.5 Å². The Balaban J connectivity index is 1.50. The van der Waals surface area contributed by atoms with E-state index < -0.39 is 0 Å². The third-order valence-corrected chi connectivity index (χ3v) is 6.06. The molecule has 0 amide bonds. The van der Waals surface area contributed by atoms with E-state index in [1.807, 2.05) is 18.3 Å². The van der Waals surface area contributed by atoms with Crippen LogP contribution in [0, 0.1) is 0 Å². The first-order valence-corrected chi connectivity index (χ1v) is 10.3. The van der Waals surface area contributed by atoms with Gasteiger partial charge in [-0.25, -0.2) is 0 Å². The number of aromatic nitrogens is 2. The van der Waals surface area contributed by atoms with E-state index in [0.717, 1.165) is 62.4 Å². The largest absolute Gasteiger partial charge is 0.493 e. The maximum absolute atomic E-state index is 5.53. The molecule has 1 fully saturated rings. The van der Waals surface area contributed by atoms with Crippen LogP contribution < -0.4 is 19.3 Å². The number of morpholine rings is 1. The summed E-state index contributed by atoms with van der Waals surface area (Å²) in [5.74, 6) is 1.36. The fourth-order valence-corrected chi connectivity index (χ4v) is 4.52. The zero-order chi connectivity index (χ0) is 20.5. The minimum atomic E-state index is 0.663. The SMILES string of the molecule is COc1cc2nncc(N3CCc4c(cccc4N4CCOCC4)C3)c2cc1OC. The van der Waals surface area contributed by atoms with E-state index in [4.69, 9.17) is 14.2 Å². The Morgan fingerprint density at radius 2 is 1.73 bits per heavy atom. The van der Waals surface area contributed by atoms with Gasteiger partial charge >= 0.3 is 0 Å². The van der Waals surface area contributed by atoms with Crippen molar-refractivity contribution in [1.82, 2.24) is 10.2 Å². The lowest BCUT2D eigenvalue weighted by Gasteiger charge is -2.36. The number of benzene rings is 2. The van der Waals surface area contributed by atoms with Crippen LogP contribution in [-0.2, 0) is 17.7 Å². The zero-order valence-electron chi connectivity index (χ0n) is 17.4. The molecule has 7 nitrogen and oxygen atoms in total. The van der Waals surface area contributed by atoms with E-state index in [1.165, 1.54) is 16.8 Å². The highest BCUT2D eigenvalue weighted by atomic mass is 16.5. The van der Waals surface area contributed by atoms with Crippen molar-refractivity contribution in [1.29, 1.82) is 0 Å². The summed E-state index contributed by atoms with van der Waals surface area (Å²) in [7, 11) is 3.29. The third-order valence-electron chi connectivity index (χ3n) is 6.06. The van der Waals surface area contributed by atoms with Crippen molar-refractivity contribution in [2.24, 2.45) is 0 Å². The summed E-state index contributed by atoms with van der Waals surface area (Å²) in [5.41, 5.74) is 6.07. The number of fused-ring (bicyclic) bond motifs is 2. The normalized spacial score (nSPS) is 16.5. The number of rotatable bonds is 4. The van der Waals surface area contributed by atoms with Gasteiger partial charge in [-0.3, -0.25) is 0 Å². The molecule has 0 saturated carbocycles. The smallest absolute Gasteiger partial charge is 0.162 e. The van der Waals surface area contributed by atoms with Crippen molar-refractivity contribution in [3.63, 3.8) is 0 Å². The number of anilines is 2. The highest BCUT2D eigenvalue weighted by Gasteiger charge is 2.24. The number of ether oxygens (including phenoxy) is 3. The molecule has 2 aliphatic rings. The summed E-state index contributed by atoms with van der Waals surface area (Å²) in [6.07, 6.45) is 2.85. The summed E-state index contributed by atoms with van der Waals surface area (Å²) in [6.45, 7) is 5.30. The van der Waals surface area contributed by atoms with Crippen molar-refractivity contribution >= 4 is 22.3 Å². The molecule has 0 bridgehead atoms. The van der Waals surface area contributed by atoms with Gasteiger partial charge < -0.3 is 24.0 Å². The molecule has 0 atom stereocenters. The molecular weight excluding hydrogens is 380 g/mol. The summed E-state index contributed by atoms with van der Waals surface area (Å²) in [4.78, 5) is 4.84. The van der Waals surface area contributed by atoms with Crippen molar-refractivity contribution in [2.45, 2.75) is 13.0 Å². The molecule has 5 rings (SSSR count). The van der Waals surface area contributed by atoms with Crippen LogP contribution in [0.1, 0.15) is 11.1 Å². The van der Waals surface area contributed by atoms with Gasteiger partial charge in [0.05, 0.1) is 44.8 Å². The van der Waals surface area contributed by atoms with Crippen LogP contribution in [0.3, 0.4) is 0 Å². The molecule has 2 aromatic carbocycles. The van der Waals surface area contributed by atoms with Crippen LogP contribution in [-0.4, -0.2) is 57.3 Å². The Labute approximate surface area is 176 Å². The van der Waals surface area contributed by atoms with Gasteiger partial charge in [-0.05, 0) is 29.7 Å². The molecular formula is C23H26N4O3. The molecule has 3 heterocycles.